The van der Waals surface area contributed by atoms with Gasteiger partial charge < -0.3 is 5.73 Å². The summed E-state index contributed by atoms with van der Waals surface area (Å²) in [5, 5.41) is 0. The molecule has 236 valence electrons. The average Bonchev–Trinajstić information content (AvgIpc) is 3.19. The molecule has 7 rings (SSSR count). The Bertz CT molecular complexity index is 2160. The smallest absolute Gasteiger partial charge is 0.164 e. The molecule has 0 fully saturated rings. The van der Waals surface area contributed by atoms with E-state index in [2.05, 4.69) is 24.0 Å². The largest absolute Gasteiger partial charge is 0.383 e. The summed E-state index contributed by atoms with van der Waals surface area (Å²) < 4.78 is 0. The maximum absolute atomic E-state index is 6.64. The zero-order chi connectivity index (χ0) is 33.4. The van der Waals surface area contributed by atoms with Crippen molar-refractivity contribution >= 4 is 11.7 Å². The summed E-state index contributed by atoms with van der Waals surface area (Å²) in [4.78, 5) is 28.9. The molecule has 2 N–H and O–H groups in total. The monoisotopic (exact) mass is 635 g/mol. The Morgan fingerprint density at radius 3 is 1.55 bits per heavy atom. The average molecular weight is 636 g/mol. The molecule has 0 aliphatic carbocycles. The summed E-state index contributed by atoms with van der Waals surface area (Å²) in [5.74, 6) is 2.76. The van der Waals surface area contributed by atoms with E-state index in [1.807, 2.05) is 146 Å². The summed E-state index contributed by atoms with van der Waals surface area (Å²) in [6.07, 6.45) is 1.75. The van der Waals surface area contributed by atoms with Crippen LogP contribution in [0.3, 0.4) is 0 Å². The molecule has 0 bridgehead atoms. The lowest BCUT2D eigenvalue weighted by Gasteiger charge is -2.11. The third kappa shape index (κ3) is 7.37. The second-order valence-corrected chi connectivity index (χ2v) is 11.4. The van der Waals surface area contributed by atoms with Crippen molar-refractivity contribution in [2.24, 2.45) is 15.7 Å². The molecule has 1 unspecified atom stereocenters. The third-order valence-electron chi connectivity index (χ3n) is 8.05. The van der Waals surface area contributed by atoms with Crippen LogP contribution in [0, 0.1) is 0 Å². The van der Waals surface area contributed by atoms with E-state index in [9.17, 15) is 0 Å². The van der Waals surface area contributed by atoms with Crippen molar-refractivity contribution in [3.63, 3.8) is 0 Å². The molecule has 2 aromatic heterocycles. The highest BCUT2D eigenvalue weighted by atomic mass is 15.0. The second-order valence-electron chi connectivity index (χ2n) is 11.4. The molecule has 7 aromatic rings. The molecule has 5 aromatic carbocycles. The molecular weight excluding hydrogens is 603 g/mol. The third-order valence-corrected chi connectivity index (χ3v) is 8.05. The van der Waals surface area contributed by atoms with Gasteiger partial charge in [0.2, 0.25) is 0 Å². The van der Waals surface area contributed by atoms with Crippen LogP contribution in [0.1, 0.15) is 29.7 Å². The highest BCUT2D eigenvalue weighted by molar-refractivity contribution is 6.11. The summed E-state index contributed by atoms with van der Waals surface area (Å²) >= 11 is 0. The number of benzene rings is 5. The number of aromatic nitrogens is 4. The van der Waals surface area contributed by atoms with E-state index >= 15 is 0 Å². The normalized spacial score (nSPS) is 12.4. The lowest BCUT2D eigenvalue weighted by atomic mass is 10.1. The fourth-order valence-electron chi connectivity index (χ4n) is 5.40. The predicted octanol–water partition coefficient (Wildman–Crippen LogP) is 8.85. The van der Waals surface area contributed by atoms with Crippen LogP contribution < -0.4 is 5.73 Å². The number of aliphatic imine (C=N–C) groups is 2. The first kappa shape index (κ1) is 31.0. The molecule has 0 aliphatic heterocycles. The van der Waals surface area contributed by atoms with Crippen LogP contribution in [0.25, 0.3) is 45.4 Å². The number of hydrogen-bond donors (Lipinski definition) is 1. The second kappa shape index (κ2) is 14.4. The van der Waals surface area contributed by atoms with Crippen molar-refractivity contribution < 1.29 is 0 Å². The first-order valence-electron chi connectivity index (χ1n) is 16.1. The molecular formula is C42H33N7. The molecule has 49 heavy (non-hydrogen) atoms. The van der Waals surface area contributed by atoms with Gasteiger partial charge in [-0.15, -0.1) is 0 Å². The molecule has 0 radical (unpaired) electrons. The Balaban J connectivity index is 1.20. The van der Waals surface area contributed by atoms with Crippen molar-refractivity contribution in [1.29, 1.82) is 0 Å². The Kier molecular flexibility index (Phi) is 9.14. The molecule has 0 saturated carbocycles. The first-order valence-corrected chi connectivity index (χ1v) is 16.1. The van der Waals surface area contributed by atoms with Crippen LogP contribution in [0.4, 0.5) is 0 Å². The van der Waals surface area contributed by atoms with Crippen LogP contribution >= 0.6 is 0 Å². The van der Waals surface area contributed by atoms with Gasteiger partial charge in [0.05, 0.1) is 11.7 Å². The number of hydrogen-bond acceptors (Lipinski definition) is 5. The van der Waals surface area contributed by atoms with E-state index in [0.29, 0.717) is 29.1 Å². The van der Waals surface area contributed by atoms with E-state index < -0.39 is 0 Å². The van der Waals surface area contributed by atoms with Crippen LogP contribution in [-0.2, 0) is 0 Å². The Hall–Kier alpha value is -6.60. The van der Waals surface area contributed by atoms with E-state index in [0.717, 1.165) is 44.6 Å². The highest BCUT2D eigenvalue weighted by Crippen LogP contribution is 2.27. The fraction of sp³-hybridized carbons (Fsp3) is 0.0476. The van der Waals surface area contributed by atoms with Gasteiger partial charge in [-0.25, -0.2) is 19.9 Å². The quantitative estimate of drug-likeness (QED) is 0.133. The molecule has 7 heteroatoms. The van der Waals surface area contributed by atoms with E-state index in [1.54, 1.807) is 6.20 Å². The molecule has 7 nitrogen and oxygen atoms in total. The molecule has 0 spiro atoms. The lowest BCUT2D eigenvalue weighted by molar-refractivity contribution is 0.818. The first-order chi connectivity index (χ1) is 24.1. The number of rotatable bonds is 8. The van der Waals surface area contributed by atoms with E-state index in [4.69, 9.17) is 30.7 Å². The maximum Gasteiger partial charge on any atom is 0.164 e. The van der Waals surface area contributed by atoms with Gasteiger partial charge in [-0.3, -0.25) is 9.98 Å². The van der Waals surface area contributed by atoms with Crippen LogP contribution in [0.2, 0.25) is 0 Å². The fourth-order valence-corrected chi connectivity index (χ4v) is 5.40. The van der Waals surface area contributed by atoms with Gasteiger partial charge >= 0.3 is 0 Å². The van der Waals surface area contributed by atoms with Crippen molar-refractivity contribution in [1.82, 2.24) is 19.9 Å². The van der Waals surface area contributed by atoms with Crippen LogP contribution in [0.5, 0.6) is 0 Å². The summed E-state index contributed by atoms with van der Waals surface area (Å²) in [7, 11) is 0. The maximum atomic E-state index is 6.64. The lowest BCUT2D eigenvalue weighted by Crippen LogP contribution is -2.17. The van der Waals surface area contributed by atoms with Crippen LogP contribution in [-0.4, -0.2) is 31.6 Å². The summed E-state index contributed by atoms with van der Waals surface area (Å²) in [6, 6.07) is 51.7. The van der Waals surface area contributed by atoms with Gasteiger partial charge in [0, 0.05) is 39.6 Å². The van der Waals surface area contributed by atoms with Crippen molar-refractivity contribution in [3.05, 3.63) is 181 Å². The van der Waals surface area contributed by atoms with Gasteiger partial charge in [0.1, 0.15) is 5.84 Å². The minimum atomic E-state index is -0.101. The van der Waals surface area contributed by atoms with Gasteiger partial charge in [-0.2, -0.15) is 0 Å². The molecule has 0 amide bonds. The minimum absolute atomic E-state index is 0.101. The summed E-state index contributed by atoms with van der Waals surface area (Å²) in [6.45, 7) is 2.06. The van der Waals surface area contributed by atoms with Gasteiger partial charge in [-0.1, -0.05) is 146 Å². The zero-order valence-electron chi connectivity index (χ0n) is 26.9. The van der Waals surface area contributed by atoms with Gasteiger partial charge in [0.15, 0.2) is 23.3 Å². The number of nitrogens with zero attached hydrogens (tertiary/aromatic N) is 6. The van der Waals surface area contributed by atoms with Crippen LogP contribution in [0.15, 0.2) is 174 Å². The number of amidine groups is 2. The van der Waals surface area contributed by atoms with E-state index in [1.165, 1.54) is 0 Å². The Labute approximate surface area is 285 Å². The molecule has 0 saturated heterocycles. The molecule has 1 atom stereocenters. The standard InChI is InChI=1S/C42H33N7/c1-29(30-14-6-2-7-15-30)45-39(32-16-8-3-9-17-32)46-38(43)36-26-27-44-37(28-36)31-22-24-35(25-23-31)42-48-40(33-18-10-4-11-19-33)47-41(49-42)34-20-12-5-13-21-34/h2-29H,1H3,(H2,43,45,46). The highest BCUT2D eigenvalue weighted by Gasteiger charge is 2.14. The molecule has 0 aliphatic rings. The topological polar surface area (TPSA) is 102 Å². The zero-order valence-corrected chi connectivity index (χ0v) is 26.9. The van der Waals surface area contributed by atoms with Gasteiger partial charge in [0.25, 0.3) is 0 Å². The van der Waals surface area contributed by atoms with Crippen molar-refractivity contribution in [2.45, 2.75) is 13.0 Å². The SMILES string of the molecule is CC(N=C(N=C(N)c1ccnc(-c2ccc(-c3nc(-c4ccccc4)nc(-c4ccccc4)n3)cc2)c1)c1ccccc1)c1ccccc1. The van der Waals surface area contributed by atoms with Crippen molar-refractivity contribution in [3.8, 4) is 45.4 Å². The Morgan fingerprint density at radius 1 is 0.531 bits per heavy atom. The van der Waals surface area contributed by atoms with Crippen molar-refractivity contribution in [2.75, 3.05) is 0 Å². The predicted molar refractivity (Wildman–Crippen MR) is 198 cm³/mol. The Morgan fingerprint density at radius 2 is 1.00 bits per heavy atom. The minimum Gasteiger partial charge on any atom is -0.383 e. The summed E-state index contributed by atoms with van der Waals surface area (Å²) in [5.41, 5.74) is 13.8. The van der Waals surface area contributed by atoms with Gasteiger partial charge in [-0.05, 0) is 24.6 Å². The number of pyridine rings is 1. The number of nitrogens with two attached hydrogens (primary N) is 1. The van der Waals surface area contributed by atoms with E-state index in [-0.39, 0.29) is 6.04 Å². The molecule has 2 heterocycles.